The first-order valence-corrected chi connectivity index (χ1v) is 7.24. The molecule has 110 valence electrons. The van der Waals surface area contributed by atoms with Crippen molar-refractivity contribution in [2.45, 2.75) is 33.2 Å². The van der Waals surface area contributed by atoms with Crippen LogP contribution in [0.2, 0.25) is 0 Å². The predicted octanol–water partition coefficient (Wildman–Crippen LogP) is 0.990. The van der Waals surface area contributed by atoms with Crippen molar-refractivity contribution in [3.8, 4) is 0 Å². The first-order valence-electron chi connectivity index (χ1n) is 7.24. The van der Waals surface area contributed by atoms with E-state index in [1.807, 2.05) is 6.92 Å². The molecule has 0 aromatic carbocycles. The van der Waals surface area contributed by atoms with Crippen LogP contribution in [0.4, 0.5) is 5.95 Å². The van der Waals surface area contributed by atoms with E-state index in [1.54, 1.807) is 6.07 Å². The van der Waals surface area contributed by atoms with Gasteiger partial charge in [-0.25, -0.2) is 9.97 Å². The molecule has 0 radical (unpaired) electrons. The average Bonchev–Trinajstić information content (AvgIpc) is 2.89. The highest BCUT2D eigenvalue weighted by atomic mass is 15.3. The van der Waals surface area contributed by atoms with Crippen LogP contribution in [-0.4, -0.2) is 52.9 Å². The maximum absolute atomic E-state index is 7.53. The van der Waals surface area contributed by atoms with Crippen molar-refractivity contribution in [1.82, 2.24) is 14.9 Å². The van der Waals surface area contributed by atoms with Crippen molar-refractivity contribution >= 4 is 11.8 Å². The van der Waals surface area contributed by atoms with E-state index < -0.39 is 0 Å². The standard InChI is InChI=1S/C14H24N6/c1-4-19(5-2)11-6-7-20(9-11)14-17-10(3)8-12(18-14)13(15)16/h8,11H,4-7,9H2,1-3H3,(H3,15,16). The molecule has 3 N–H and O–H groups in total. The topological polar surface area (TPSA) is 82.1 Å². The van der Waals surface area contributed by atoms with Crippen molar-refractivity contribution in [3.63, 3.8) is 0 Å². The Labute approximate surface area is 120 Å². The van der Waals surface area contributed by atoms with Gasteiger partial charge in [-0.3, -0.25) is 10.3 Å². The van der Waals surface area contributed by atoms with Crippen LogP contribution >= 0.6 is 0 Å². The van der Waals surface area contributed by atoms with Gasteiger partial charge in [-0.1, -0.05) is 13.8 Å². The van der Waals surface area contributed by atoms with E-state index >= 15 is 0 Å². The fraction of sp³-hybridized carbons (Fsp3) is 0.643. The zero-order valence-corrected chi connectivity index (χ0v) is 12.6. The summed E-state index contributed by atoms with van der Waals surface area (Å²) in [6.07, 6.45) is 1.13. The Hall–Kier alpha value is -1.69. The summed E-state index contributed by atoms with van der Waals surface area (Å²) in [5, 5.41) is 7.53. The molecule has 0 bridgehead atoms. The Kier molecular flexibility index (Phi) is 4.54. The molecule has 2 heterocycles. The molecule has 1 fully saturated rings. The van der Waals surface area contributed by atoms with Crippen LogP contribution < -0.4 is 10.6 Å². The van der Waals surface area contributed by atoms with Crippen LogP contribution in [0.25, 0.3) is 0 Å². The molecule has 6 heteroatoms. The lowest BCUT2D eigenvalue weighted by molar-refractivity contribution is 0.232. The molecule has 2 rings (SSSR count). The lowest BCUT2D eigenvalue weighted by Crippen LogP contribution is -2.37. The van der Waals surface area contributed by atoms with E-state index in [4.69, 9.17) is 11.1 Å². The second-order valence-electron chi connectivity index (χ2n) is 5.22. The summed E-state index contributed by atoms with van der Waals surface area (Å²) in [6.45, 7) is 10.4. The second kappa shape index (κ2) is 6.17. The highest BCUT2D eigenvalue weighted by Crippen LogP contribution is 2.20. The van der Waals surface area contributed by atoms with Crippen molar-refractivity contribution in [3.05, 3.63) is 17.5 Å². The van der Waals surface area contributed by atoms with Gasteiger partial charge in [0.2, 0.25) is 5.95 Å². The third-order valence-corrected chi connectivity index (χ3v) is 3.89. The zero-order chi connectivity index (χ0) is 14.7. The van der Waals surface area contributed by atoms with Gasteiger partial charge in [0.25, 0.3) is 0 Å². The summed E-state index contributed by atoms with van der Waals surface area (Å²) in [5.74, 6) is 0.695. The number of amidine groups is 1. The smallest absolute Gasteiger partial charge is 0.226 e. The van der Waals surface area contributed by atoms with Crippen LogP contribution in [0.1, 0.15) is 31.7 Å². The number of aryl methyl sites for hydroxylation is 1. The molecule has 0 saturated carbocycles. The van der Waals surface area contributed by atoms with E-state index in [1.165, 1.54) is 0 Å². The van der Waals surface area contributed by atoms with Gasteiger partial charge in [-0.15, -0.1) is 0 Å². The first kappa shape index (κ1) is 14.7. The van der Waals surface area contributed by atoms with Gasteiger partial charge in [0, 0.05) is 24.8 Å². The SMILES string of the molecule is CCN(CC)C1CCN(c2nc(C)cc(C(=N)N)n2)C1. The minimum atomic E-state index is -0.00348. The van der Waals surface area contributed by atoms with Crippen LogP contribution in [-0.2, 0) is 0 Å². The molecule has 1 aliphatic rings. The minimum absolute atomic E-state index is 0.00348. The number of rotatable bonds is 5. The summed E-state index contributed by atoms with van der Waals surface area (Å²) in [4.78, 5) is 13.6. The lowest BCUT2D eigenvalue weighted by Gasteiger charge is -2.26. The second-order valence-corrected chi connectivity index (χ2v) is 5.22. The molecular formula is C14H24N6. The monoisotopic (exact) mass is 276 g/mol. The van der Waals surface area contributed by atoms with E-state index in [-0.39, 0.29) is 5.84 Å². The van der Waals surface area contributed by atoms with Gasteiger partial charge < -0.3 is 10.6 Å². The molecule has 1 saturated heterocycles. The van der Waals surface area contributed by atoms with Crippen LogP contribution in [0.15, 0.2) is 6.07 Å². The zero-order valence-electron chi connectivity index (χ0n) is 12.6. The maximum atomic E-state index is 7.53. The average molecular weight is 276 g/mol. The fourth-order valence-electron chi connectivity index (χ4n) is 2.79. The van der Waals surface area contributed by atoms with Crippen molar-refractivity contribution < 1.29 is 0 Å². The normalized spacial score (nSPS) is 18.8. The summed E-state index contributed by atoms with van der Waals surface area (Å²) >= 11 is 0. The summed E-state index contributed by atoms with van der Waals surface area (Å²) in [7, 11) is 0. The van der Waals surface area contributed by atoms with Crippen LogP contribution in [0, 0.1) is 12.3 Å². The molecule has 1 aromatic heterocycles. The number of hydrogen-bond acceptors (Lipinski definition) is 5. The van der Waals surface area contributed by atoms with E-state index in [9.17, 15) is 0 Å². The largest absolute Gasteiger partial charge is 0.382 e. The van der Waals surface area contributed by atoms with E-state index in [2.05, 4.69) is 33.6 Å². The number of nitrogen functional groups attached to an aromatic ring is 1. The number of nitrogens with zero attached hydrogens (tertiary/aromatic N) is 4. The Balaban J connectivity index is 2.15. The van der Waals surface area contributed by atoms with Crippen molar-refractivity contribution in [1.29, 1.82) is 5.41 Å². The minimum Gasteiger partial charge on any atom is -0.382 e. The maximum Gasteiger partial charge on any atom is 0.226 e. The highest BCUT2D eigenvalue weighted by Gasteiger charge is 2.28. The molecule has 6 nitrogen and oxygen atoms in total. The quantitative estimate of drug-likeness (QED) is 0.619. The van der Waals surface area contributed by atoms with Crippen LogP contribution in [0.5, 0.6) is 0 Å². The highest BCUT2D eigenvalue weighted by molar-refractivity contribution is 5.93. The van der Waals surface area contributed by atoms with E-state index in [0.717, 1.165) is 38.3 Å². The third-order valence-electron chi connectivity index (χ3n) is 3.89. The molecule has 20 heavy (non-hydrogen) atoms. The van der Waals surface area contributed by atoms with E-state index in [0.29, 0.717) is 17.7 Å². The molecule has 0 amide bonds. The van der Waals surface area contributed by atoms with Gasteiger partial charge in [0.05, 0.1) is 0 Å². The molecule has 0 spiro atoms. The predicted molar refractivity (Wildman–Crippen MR) is 81.3 cm³/mol. The molecule has 0 aliphatic carbocycles. The Bertz CT molecular complexity index is 483. The number of nitrogens with two attached hydrogens (primary N) is 1. The van der Waals surface area contributed by atoms with Crippen LogP contribution in [0.3, 0.4) is 0 Å². The first-order chi connectivity index (χ1) is 9.55. The molecular weight excluding hydrogens is 252 g/mol. The number of hydrogen-bond donors (Lipinski definition) is 2. The molecule has 1 atom stereocenters. The number of nitrogens with one attached hydrogen (secondary N) is 1. The summed E-state index contributed by atoms with van der Waals surface area (Å²) in [5.41, 5.74) is 6.90. The fourth-order valence-corrected chi connectivity index (χ4v) is 2.79. The Morgan fingerprint density at radius 1 is 1.45 bits per heavy atom. The summed E-state index contributed by atoms with van der Waals surface area (Å²) < 4.78 is 0. The number of aromatic nitrogens is 2. The van der Waals surface area contributed by atoms with Gasteiger partial charge >= 0.3 is 0 Å². The molecule has 1 aromatic rings. The molecule has 1 unspecified atom stereocenters. The van der Waals surface area contributed by atoms with Gasteiger partial charge in [-0.2, -0.15) is 0 Å². The van der Waals surface area contributed by atoms with Gasteiger partial charge in [-0.05, 0) is 32.5 Å². The van der Waals surface area contributed by atoms with Gasteiger partial charge in [0.1, 0.15) is 11.5 Å². The molecule has 1 aliphatic heterocycles. The van der Waals surface area contributed by atoms with Crippen molar-refractivity contribution in [2.24, 2.45) is 5.73 Å². The summed E-state index contributed by atoms with van der Waals surface area (Å²) in [6, 6.07) is 2.32. The van der Waals surface area contributed by atoms with Crippen molar-refractivity contribution in [2.75, 3.05) is 31.1 Å². The number of likely N-dealkylation sites (N-methyl/N-ethyl adjacent to an activating group) is 1. The Morgan fingerprint density at radius 2 is 2.15 bits per heavy atom. The third kappa shape index (κ3) is 3.07. The number of anilines is 1. The lowest BCUT2D eigenvalue weighted by atomic mass is 10.2. The van der Waals surface area contributed by atoms with Gasteiger partial charge in [0.15, 0.2) is 0 Å². The Morgan fingerprint density at radius 3 is 2.75 bits per heavy atom.